The predicted octanol–water partition coefficient (Wildman–Crippen LogP) is 3.68. The van der Waals surface area contributed by atoms with Gasteiger partial charge < -0.3 is 5.32 Å². The number of amides is 1. The van der Waals surface area contributed by atoms with Crippen LogP contribution in [0.3, 0.4) is 0 Å². The van der Waals surface area contributed by atoms with Crippen molar-refractivity contribution in [3.8, 4) is 22.5 Å². The average molecular weight is 350 g/mol. The molecule has 2 aromatic carbocycles. The number of nitrogens with zero attached hydrogens (tertiary/aromatic N) is 3. The summed E-state index contributed by atoms with van der Waals surface area (Å²) in [4.78, 5) is 16.7. The lowest BCUT2D eigenvalue weighted by molar-refractivity contribution is -0.119. The summed E-state index contributed by atoms with van der Waals surface area (Å²) in [6, 6.07) is 12.4. The first-order chi connectivity index (χ1) is 11.9. The zero-order chi connectivity index (χ0) is 17.6. The zero-order valence-electron chi connectivity index (χ0n) is 14.3. The van der Waals surface area contributed by atoms with E-state index < -0.39 is 0 Å². The van der Waals surface area contributed by atoms with Gasteiger partial charge in [0.1, 0.15) is 11.4 Å². The van der Waals surface area contributed by atoms with Crippen molar-refractivity contribution in [1.82, 2.24) is 20.5 Å². The highest BCUT2D eigenvalue weighted by Crippen LogP contribution is 2.44. The highest BCUT2D eigenvalue weighted by Gasteiger charge is 2.25. The molecule has 25 heavy (non-hydrogen) atoms. The number of aromatic nitrogens is 3. The molecular weight excluding hydrogens is 332 g/mol. The first-order valence-corrected chi connectivity index (χ1v) is 9.12. The van der Waals surface area contributed by atoms with Gasteiger partial charge >= 0.3 is 0 Å². The van der Waals surface area contributed by atoms with Crippen LogP contribution in [-0.4, -0.2) is 32.4 Å². The van der Waals surface area contributed by atoms with Crippen molar-refractivity contribution in [3.05, 3.63) is 36.4 Å². The number of carbonyl (C=O) groups excluding carboxylic acids is 1. The number of hydrogen-bond donors (Lipinski definition) is 1. The Kier molecular flexibility index (Phi) is 3.72. The Morgan fingerprint density at radius 3 is 2.40 bits per heavy atom. The number of thioether (sulfide) groups is 1. The molecule has 0 atom stereocenters. The number of nitrogens with one attached hydrogen (secondary N) is 1. The Morgan fingerprint density at radius 1 is 1.04 bits per heavy atom. The molecule has 1 aromatic heterocycles. The van der Waals surface area contributed by atoms with Crippen molar-refractivity contribution in [2.24, 2.45) is 0 Å². The Hall–Kier alpha value is -2.47. The summed E-state index contributed by atoms with van der Waals surface area (Å²) < 4.78 is 0. The highest BCUT2D eigenvalue weighted by atomic mass is 32.2. The van der Waals surface area contributed by atoms with E-state index in [1.54, 1.807) is 0 Å². The summed E-state index contributed by atoms with van der Waals surface area (Å²) in [7, 11) is 0. The van der Waals surface area contributed by atoms with Crippen molar-refractivity contribution in [2.45, 2.75) is 31.5 Å². The van der Waals surface area contributed by atoms with Crippen LogP contribution in [0.15, 0.2) is 41.6 Å². The van der Waals surface area contributed by atoms with E-state index in [2.05, 4.69) is 44.8 Å². The Bertz CT molecular complexity index is 989. The molecule has 0 radical (unpaired) electrons. The SMILES string of the molecule is CC(C)(C)NC(=O)CSc1nnc2c(n1)-c1cccc3cccc-2c13. The largest absolute Gasteiger partial charge is 0.351 e. The second-order valence-corrected chi connectivity index (χ2v) is 8.03. The van der Waals surface area contributed by atoms with Gasteiger partial charge in [-0.15, -0.1) is 10.2 Å². The van der Waals surface area contributed by atoms with Crippen LogP contribution in [0.5, 0.6) is 0 Å². The van der Waals surface area contributed by atoms with E-state index in [-0.39, 0.29) is 17.2 Å². The minimum Gasteiger partial charge on any atom is -0.351 e. The van der Waals surface area contributed by atoms with Crippen LogP contribution in [0.4, 0.5) is 0 Å². The molecule has 1 N–H and O–H groups in total. The van der Waals surface area contributed by atoms with Gasteiger partial charge in [-0.05, 0) is 26.2 Å². The van der Waals surface area contributed by atoms with E-state index in [1.807, 2.05) is 32.9 Å². The fraction of sp³-hybridized carbons (Fsp3) is 0.263. The van der Waals surface area contributed by atoms with E-state index in [0.717, 1.165) is 22.5 Å². The molecule has 0 fully saturated rings. The second-order valence-electron chi connectivity index (χ2n) is 7.09. The maximum Gasteiger partial charge on any atom is 0.230 e. The van der Waals surface area contributed by atoms with Crippen LogP contribution in [0.1, 0.15) is 20.8 Å². The van der Waals surface area contributed by atoms with Crippen LogP contribution in [0.2, 0.25) is 0 Å². The number of benzene rings is 2. The summed E-state index contributed by atoms with van der Waals surface area (Å²) in [5.41, 5.74) is 3.58. The molecule has 3 aromatic rings. The van der Waals surface area contributed by atoms with Gasteiger partial charge in [0.15, 0.2) is 0 Å². The second kappa shape index (κ2) is 5.81. The maximum atomic E-state index is 12.0. The molecule has 0 spiro atoms. The van der Waals surface area contributed by atoms with Gasteiger partial charge in [0.05, 0.1) is 5.75 Å². The van der Waals surface area contributed by atoms with Gasteiger partial charge in [0.25, 0.3) is 0 Å². The molecule has 5 nitrogen and oxygen atoms in total. The van der Waals surface area contributed by atoms with E-state index in [9.17, 15) is 4.79 Å². The third-order valence-electron chi connectivity index (χ3n) is 3.93. The van der Waals surface area contributed by atoms with Gasteiger partial charge in [0, 0.05) is 22.1 Å². The molecule has 4 rings (SSSR count). The molecule has 0 saturated heterocycles. The van der Waals surface area contributed by atoms with Crippen LogP contribution >= 0.6 is 11.8 Å². The molecule has 0 bridgehead atoms. The number of carbonyl (C=O) groups is 1. The lowest BCUT2D eigenvalue weighted by atomic mass is 10.0. The fourth-order valence-corrected chi connectivity index (χ4v) is 3.65. The van der Waals surface area contributed by atoms with Crippen molar-refractivity contribution in [3.63, 3.8) is 0 Å². The highest BCUT2D eigenvalue weighted by molar-refractivity contribution is 7.99. The predicted molar refractivity (Wildman–Crippen MR) is 100 cm³/mol. The van der Waals surface area contributed by atoms with E-state index in [4.69, 9.17) is 0 Å². The normalized spacial score (nSPS) is 12.3. The Balaban J connectivity index is 1.63. The third kappa shape index (κ3) is 2.98. The van der Waals surface area contributed by atoms with Crippen molar-refractivity contribution >= 4 is 28.4 Å². The van der Waals surface area contributed by atoms with E-state index >= 15 is 0 Å². The maximum absolute atomic E-state index is 12.0. The van der Waals surface area contributed by atoms with Crippen molar-refractivity contribution < 1.29 is 4.79 Å². The van der Waals surface area contributed by atoms with Gasteiger partial charge in [-0.1, -0.05) is 48.2 Å². The third-order valence-corrected chi connectivity index (χ3v) is 4.77. The molecule has 126 valence electrons. The zero-order valence-corrected chi connectivity index (χ0v) is 15.1. The van der Waals surface area contributed by atoms with Gasteiger partial charge in [-0.3, -0.25) is 4.79 Å². The molecule has 6 heteroatoms. The number of fused-ring (bicyclic) bond motifs is 3. The first-order valence-electron chi connectivity index (χ1n) is 8.13. The topological polar surface area (TPSA) is 67.8 Å². The Morgan fingerprint density at radius 2 is 1.72 bits per heavy atom. The summed E-state index contributed by atoms with van der Waals surface area (Å²) in [5.74, 6) is 0.238. The summed E-state index contributed by atoms with van der Waals surface area (Å²) in [5, 5.41) is 14.4. The minimum atomic E-state index is -0.244. The molecule has 0 aliphatic heterocycles. The molecule has 0 unspecified atom stereocenters. The van der Waals surface area contributed by atoms with E-state index in [1.165, 1.54) is 22.5 Å². The lowest BCUT2D eigenvalue weighted by Crippen LogP contribution is -2.41. The summed E-state index contributed by atoms with van der Waals surface area (Å²) in [6.07, 6.45) is 0. The quantitative estimate of drug-likeness (QED) is 0.571. The molecule has 0 saturated carbocycles. The van der Waals surface area contributed by atoms with Gasteiger partial charge in [0.2, 0.25) is 11.1 Å². The Labute approximate surface area is 150 Å². The fourth-order valence-electron chi connectivity index (χ4n) is 3.06. The monoisotopic (exact) mass is 350 g/mol. The average Bonchev–Trinajstić information content (AvgIpc) is 2.88. The van der Waals surface area contributed by atoms with Crippen LogP contribution < -0.4 is 5.32 Å². The molecule has 1 amide bonds. The molecule has 1 aliphatic rings. The number of hydrogen-bond acceptors (Lipinski definition) is 5. The van der Waals surface area contributed by atoms with Crippen LogP contribution in [0.25, 0.3) is 33.3 Å². The minimum absolute atomic E-state index is 0.0352. The molecular formula is C19H18N4OS. The number of rotatable bonds is 3. The van der Waals surface area contributed by atoms with E-state index in [0.29, 0.717) is 5.16 Å². The first kappa shape index (κ1) is 16.0. The molecule has 1 heterocycles. The van der Waals surface area contributed by atoms with Crippen LogP contribution in [0, 0.1) is 0 Å². The van der Waals surface area contributed by atoms with Gasteiger partial charge in [-0.25, -0.2) is 4.98 Å². The van der Waals surface area contributed by atoms with Crippen molar-refractivity contribution in [2.75, 3.05) is 5.75 Å². The van der Waals surface area contributed by atoms with Crippen molar-refractivity contribution in [1.29, 1.82) is 0 Å². The standard InChI is InChI=1S/C19H18N4OS/c1-19(2,3)21-14(24)10-25-18-20-16-12-8-4-6-11-7-5-9-13(15(11)12)17(16)22-23-18/h4-9H,10H2,1-3H3,(H,21,24). The summed E-state index contributed by atoms with van der Waals surface area (Å²) in [6.45, 7) is 5.88. The smallest absolute Gasteiger partial charge is 0.230 e. The summed E-state index contributed by atoms with van der Waals surface area (Å²) >= 11 is 1.31. The molecule has 1 aliphatic carbocycles. The lowest BCUT2D eigenvalue weighted by Gasteiger charge is -2.20. The van der Waals surface area contributed by atoms with Gasteiger partial charge in [-0.2, -0.15) is 0 Å². The van der Waals surface area contributed by atoms with Crippen LogP contribution in [-0.2, 0) is 4.79 Å².